The molecule has 2 heteroatoms. The summed E-state index contributed by atoms with van der Waals surface area (Å²) in [5.74, 6) is 0.491. The minimum Gasteiger partial charge on any atom is -0.369 e. The van der Waals surface area contributed by atoms with Crippen LogP contribution in [-0.4, -0.2) is 0 Å². The highest BCUT2D eigenvalue weighted by molar-refractivity contribution is 5.69. The number of benzene rings is 4. The predicted octanol–water partition coefficient (Wildman–Crippen LogP) is 7.79. The Balaban J connectivity index is 1.59. The number of fused-ring (bicyclic) bond motifs is 1. The van der Waals surface area contributed by atoms with Gasteiger partial charge in [-0.05, 0) is 69.6 Å². The van der Waals surface area contributed by atoms with E-state index >= 15 is 0 Å². The first-order valence-electron chi connectivity index (χ1n) is 14.1. The lowest BCUT2D eigenvalue weighted by molar-refractivity contribution is -0.520. The summed E-state index contributed by atoms with van der Waals surface area (Å²) in [6.45, 7) is 9.08. The summed E-state index contributed by atoms with van der Waals surface area (Å²) in [7, 11) is 0. The van der Waals surface area contributed by atoms with Crippen LogP contribution in [0.5, 0.6) is 0 Å². The van der Waals surface area contributed by atoms with Crippen molar-refractivity contribution in [1.29, 1.82) is 0 Å². The smallest absolute Gasteiger partial charge is 0.218 e. The van der Waals surface area contributed by atoms with Crippen LogP contribution in [0.2, 0.25) is 0 Å². The van der Waals surface area contributed by atoms with Crippen molar-refractivity contribution in [2.24, 2.45) is 0 Å². The quantitative estimate of drug-likeness (QED) is 0.227. The average molecular weight is 520 g/mol. The first kappa shape index (κ1) is 25.6. The minimum atomic E-state index is -0.123. The largest absolute Gasteiger partial charge is 0.369 e. The van der Waals surface area contributed by atoms with Gasteiger partial charge in [-0.15, -0.1) is 0 Å². The summed E-state index contributed by atoms with van der Waals surface area (Å²) < 4.78 is 2.11. The highest BCUT2D eigenvalue weighted by Gasteiger charge is 2.25. The van der Waals surface area contributed by atoms with Crippen LogP contribution in [0.1, 0.15) is 48.2 Å². The molecule has 0 fully saturated rings. The van der Waals surface area contributed by atoms with Crippen LogP contribution < -0.4 is 14.8 Å². The van der Waals surface area contributed by atoms with Gasteiger partial charge in [0.2, 0.25) is 11.0 Å². The number of hydrogen-bond acceptors (Lipinski definition) is 1. The second-order valence-electron chi connectivity index (χ2n) is 10.7. The summed E-state index contributed by atoms with van der Waals surface area (Å²) in [5.41, 5.74) is 8.47. The topological polar surface area (TPSA) is 17.9 Å². The third-order valence-corrected chi connectivity index (χ3v) is 7.87. The van der Waals surface area contributed by atoms with Crippen molar-refractivity contribution in [1.82, 2.24) is 0 Å². The lowest BCUT2D eigenvalue weighted by Crippen LogP contribution is -2.30. The van der Waals surface area contributed by atoms with E-state index < -0.39 is 0 Å². The summed E-state index contributed by atoms with van der Waals surface area (Å²) in [6.07, 6.45) is 7.55. The van der Waals surface area contributed by atoms with E-state index in [0.29, 0.717) is 5.92 Å². The van der Waals surface area contributed by atoms with Crippen molar-refractivity contribution in [2.45, 2.75) is 32.2 Å². The molecule has 0 saturated carbocycles. The zero-order valence-electron chi connectivity index (χ0n) is 23.2. The molecule has 1 aromatic heterocycles. The second kappa shape index (κ2) is 11.2. The van der Waals surface area contributed by atoms with Crippen LogP contribution in [-0.2, 0) is 6.42 Å². The van der Waals surface area contributed by atoms with Crippen LogP contribution in [0.3, 0.4) is 0 Å². The minimum absolute atomic E-state index is 0.123. The van der Waals surface area contributed by atoms with Crippen LogP contribution in [0.4, 0.5) is 5.69 Å². The molecule has 0 bridgehead atoms. The highest BCUT2D eigenvalue weighted by atomic mass is 15.0. The van der Waals surface area contributed by atoms with Crippen LogP contribution in [0.15, 0.2) is 127 Å². The molecule has 0 amide bonds. The Morgan fingerprint density at radius 3 is 2.30 bits per heavy atom. The lowest BCUT2D eigenvalue weighted by Gasteiger charge is -2.21. The molecular formula is C38H35N2+. The van der Waals surface area contributed by atoms with E-state index in [1.807, 2.05) is 0 Å². The average Bonchev–Trinajstić information content (AvgIpc) is 3.01. The van der Waals surface area contributed by atoms with Crippen molar-refractivity contribution in [3.63, 3.8) is 0 Å². The monoisotopic (exact) mass is 519 g/mol. The Labute approximate surface area is 236 Å². The van der Waals surface area contributed by atoms with Gasteiger partial charge in [-0.2, -0.15) is 4.24 Å². The first-order valence-corrected chi connectivity index (χ1v) is 14.1. The van der Waals surface area contributed by atoms with Crippen molar-refractivity contribution >= 4 is 11.8 Å². The highest BCUT2D eigenvalue weighted by Crippen LogP contribution is 2.33. The molecule has 1 atom stereocenters. The maximum atomic E-state index is 4.62. The molecule has 1 unspecified atom stereocenters. The van der Waals surface area contributed by atoms with Crippen molar-refractivity contribution in [3.05, 3.63) is 172 Å². The molecule has 1 aliphatic rings. The molecule has 1 aliphatic carbocycles. The Bertz CT molecular complexity index is 1880. The van der Waals surface area contributed by atoms with Gasteiger partial charge in [0.25, 0.3) is 0 Å². The van der Waals surface area contributed by atoms with Crippen molar-refractivity contribution in [3.8, 4) is 11.1 Å². The zero-order valence-corrected chi connectivity index (χ0v) is 23.2. The molecule has 196 valence electrons. The maximum absolute atomic E-state index is 4.62. The van der Waals surface area contributed by atoms with Crippen molar-refractivity contribution in [2.75, 3.05) is 5.32 Å². The molecule has 0 aliphatic heterocycles. The number of allylic oxidation sites excluding steroid dienone is 2. The van der Waals surface area contributed by atoms with Gasteiger partial charge in [0.1, 0.15) is 12.8 Å². The number of anilines is 1. The van der Waals surface area contributed by atoms with E-state index in [9.17, 15) is 0 Å². The number of pyridine rings is 1. The van der Waals surface area contributed by atoms with Gasteiger partial charge in [-0.1, -0.05) is 111 Å². The fraction of sp³-hybridized carbons (Fsp3) is 0.132. The standard InChI is InChI=1S/C38H35N2/c1-27(2)28-23-25-31(26-24-28)39-38(35-19-10-9-18-33(35)29-13-5-4-6-14-29)37-22-12-21-36(40(37)3)34-20-11-16-30-15-7-8-17-32(30)34/h4-14,16-27,38-39H,3,15H2,1-2H3/q+1/b36-34+. The second-order valence-corrected chi connectivity index (χ2v) is 10.7. The van der Waals surface area contributed by atoms with E-state index in [4.69, 9.17) is 0 Å². The van der Waals surface area contributed by atoms with Gasteiger partial charge < -0.3 is 5.32 Å². The van der Waals surface area contributed by atoms with Gasteiger partial charge in [-0.3, -0.25) is 0 Å². The molecule has 5 aromatic rings. The van der Waals surface area contributed by atoms with Crippen LogP contribution >= 0.6 is 0 Å². The van der Waals surface area contributed by atoms with E-state index in [-0.39, 0.29) is 6.04 Å². The summed E-state index contributed by atoms with van der Waals surface area (Å²) >= 11 is 0. The first-order chi connectivity index (χ1) is 19.6. The van der Waals surface area contributed by atoms with E-state index in [1.54, 1.807) is 0 Å². The number of hydrogen-bond donors (Lipinski definition) is 1. The van der Waals surface area contributed by atoms with Crippen LogP contribution in [0, 0.1) is 17.3 Å². The fourth-order valence-corrected chi connectivity index (χ4v) is 5.69. The third kappa shape index (κ3) is 5.01. The number of rotatable bonds is 6. The van der Waals surface area contributed by atoms with Gasteiger partial charge in [-0.25, -0.2) is 0 Å². The van der Waals surface area contributed by atoms with Gasteiger partial charge >= 0.3 is 0 Å². The molecule has 2 nitrogen and oxygen atoms in total. The van der Waals surface area contributed by atoms with Gasteiger partial charge in [0.15, 0.2) is 0 Å². The summed E-state index contributed by atoms with van der Waals surface area (Å²) in [4.78, 5) is 0. The Hall–Kier alpha value is -4.69. The number of nitrogens with zero attached hydrogens (tertiary/aromatic N) is 1. The van der Waals surface area contributed by atoms with Crippen LogP contribution in [0.25, 0.3) is 17.2 Å². The molecule has 0 saturated heterocycles. The Morgan fingerprint density at radius 2 is 1.50 bits per heavy atom. The molecule has 4 aromatic carbocycles. The Kier molecular flexibility index (Phi) is 7.16. The maximum Gasteiger partial charge on any atom is 0.218 e. The molecule has 0 spiro atoms. The van der Waals surface area contributed by atoms with E-state index in [1.165, 1.54) is 38.3 Å². The molecular weight excluding hydrogens is 484 g/mol. The van der Waals surface area contributed by atoms with Gasteiger partial charge in [0.05, 0.1) is 5.22 Å². The number of aromatic nitrogens is 1. The predicted molar refractivity (Wildman–Crippen MR) is 166 cm³/mol. The number of nitrogens with one attached hydrogen (secondary N) is 1. The Morgan fingerprint density at radius 1 is 0.750 bits per heavy atom. The lowest BCUT2D eigenvalue weighted by atomic mass is 9.92. The van der Waals surface area contributed by atoms with E-state index in [0.717, 1.165) is 23.2 Å². The van der Waals surface area contributed by atoms with E-state index in [2.05, 4.69) is 164 Å². The molecule has 40 heavy (non-hydrogen) atoms. The molecule has 1 N–H and O–H groups in total. The summed E-state index contributed by atoms with van der Waals surface area (Å²) in [5, 5.41) is 7.47. The molecule has 0 radical (unpaired) electrons. The molecule has 1 heterocycles. The zero-order chi connectivity index (χ0) is 27.5. The normalized spacial score (nSPS) is 13.9. The third-order valence-electron chi connectivity index (χ3n) is 7.87. The molecule has 6 rings (SSSR count). The fourth-order valence-electron chi connectivity index (χ4n) is 5.69. The SMILES string of the molecule is C=[n+]1c(C(Nc2ccc(C(C)C)cc2)c2ccccc2-c2ccccc2)ccc/c1=c1/cccc2c1=CC=CC2. The van der Waals surface area contributed by atoms with Gasteiger partial charge in [0, 0.05) is 17.8 Å². The van der Waals surface area contributed by atoms with Crippen molar-refractivity contribution < 1.29 is 4.24 Å². The summed E-state index contributed by atoms with van der Waals surface area (Å²) in [6, 6.07) is 41.2.